The Morgan fingerprint density at radius 3 is 2.30 bits per heavy atom. The van der Waals surface area contributed by atoms with Crippen LogP contribution in [0.3, 0.4) is 0 Å². The van der Waals surface area contributed by atoms with E-state index < -0.39 is 16.1 Å². The quantitative estimate of drug-likeness (QED) is 0.801. The summed E-state index contributed by atoms with van der Waals surface area (Å²) in [6.07, 6.45) is -0.561. The third-order valence-corrected chi connectivity index (χ3v) is 5.18. The Morgan fingerprint density at radius 2 is 1.70 bits per heavy atom. The summed E-state index contributed by atoms with van der Waals surface area (Å²) in [6, 6.07) is 12.8. The third-order valence-electron chi connectivity index (χ3n) is 2.79. The van der Waals surface area contributed by atoms with Gasteiger partial charge in [-0.15, -0.1) is 0 Å². The number of benzene rings is 2. The fourth-order valence-electron chi connectivity index (χ4n) is 1.78. The molecule has 0 radical (unpaired) electrons. The fourth-order valence-corrected chi connectivity index (χ4v) is 3.84. The van der Waals surface area contributed by atoms with Crippen LogP contribution in [-0.4, -0.2) is 21.1 Å². The van der Waals surface area contributed by atoms with Crippen LogP contribution in [0, 0.1) is 0 Å². The number of hydrogen-bond donors (Lipinski definition) is 2. The van der Waals surface area contributed by atoms with Crippen molar-refractivity contribution in [1.82, 2.24) is 0 Å². The van der Waals surface area contributed by atoms with Crippen LogP contribution in [0.15, 0.2) is 57.9 Å². The summed E-state index contributed by atoms with van der Waals surface area (Å²) in [6.45, 7) is 1.98. The van der Waals surface area contributed by atoms with Gasteiger partial charge in [0, 0.05) is 15.8 Å². The Bertz CT molecular complexity index is 791. The van der Waals surface area contributed by atoms with Crippen molar-refractivity contribution in [3.05, 3.63) is 53.0 Å². The molecule has 2 N–H and O–H groups in total. The van der Waals surface area contributed by atoms with Gasteiger partial charge in [-0.25, -0.2) is 13.2 Å². The summed E-state index contributed by atoms with van der Waals surface area (Å²) < 4.78 is 32.4. The van der Waals surface area contributed by atoms with Crippen LogP contribution in [0.4, 0.5) is 16.2 Å². The maximum Gasteiger partial charge on any atom is 0.411 e. The molecule has 6 nitrogen and oxygen atoms in total. The maximum absolute atomic E-state index is 12.3. The minimum absolute atomic E-state index is 0.147. The van der Waals surface area contributed by atoms with E-state index in [9.17, 15) is 13.2 Å². The molecule has 0 saturated heterocycles. The number of carbonyl (C=O) groups excluding carboxylic acids is 1. The topological polar surface area (TPSA) is 84.5 Å². The number of ether oxygens (including phenoxy) is 1. The molecule has 0 aliphatic carbocycles. The first-order chi connectivity index (χ1) is 10.9. The summed E-state index contributed by atoms with van der Waals surface area (Å²) in [5.74, 6) is 0. The Balaban J connectivity index is 2.12. The van der Waals surface area contributed by atoms with Gasteiger partial charge >= 0.3 is 6.09 Å². The molecule has 0 aliphatic rings. The van der Waals surface area contributed by atoms with E-state index in [1.165, 1.54) is 6.07 Å². The molecular formula is C15H15BrN2O4S. The number of anilines is 2. The Morgan fingerprint density at radius 1 is 1.09 bits per heavy atom. The largest absolute Gasteiger partial charge is 0.450 e. The molecule has 0 spiro atoms. The summed E-state index contributed by atoms with van der Waals surface area (Å²) >= 11 is 3.22. The van der Waals surface area contributed by atoms with E-state index in [1.807, 2.05) is 0 Å². The van der Waals surface area contributed by atoms with E-state index in [0.717, 1.165) is 0 Å². The molecule has 122 valence electrons. The van der Waals surface area contributed by atoms with Crippen LogP contribution in [0.1, 0.15) is 6.92 Å². The lowest BCUT2D eigenvalue weighted by Gasteiger charge is -2.10. The number of sulfonamides is 1. The zero-order valence-electron chi connectivity index (χ0n) is 12.2. The minimum atomic E-state index is -3.70. The molecular weight excluding hydrogens is 384 g/mol. The van der Waals surface area contributed by atoms with Crippen LogP contribution >= 0.6 is 15.9 Å². The molecule has 1 amide bonds. The molecule has 0 fully saturated rings. The number of rotatable bonds is 5. The molecule has 8 heteroatoms. The van der Waals surface area contributed by atoms with E-state index in [-0.39, 0.29) is 11.5 Å². The van der Waals surface area contributed by atoms with Crippen molar-refractivity contribution in [2.24, 2.45) is 0 Å². The van der Waals surface area contributed by atoms with E-state index in [4.69, 9.17) is 4.74 Å². The highest BCUT2D eigenvalue weighted by atomic mass is 79.9. The minimum Gasteiger partial charge on any atom is -0.450 e. The first kappa shape index (κ1) is 17.3. The van der Waals surface area contributed by atoms with Crippen LogP contribution in [0.25, 0.3) is 0 Å². The van der Waals surface area contributed by atoms with Gasteiger partial charge in [0.1, 0.15) is 4.90 Å². The first-order valence-corrected chi connectivity index (χ1v) is 9.01. The molecule has 23 heavy (non-hydrogen) atoms. The average molecular weight is 399 g/mol. The first-order valence-electron chi connectivity index (χ1n) is 6.73. The van der Waals surface area contributed by atoms with Gasteiger partial charge in [0.2, 0.25) is 0 Å². The monoisotopic (exact) mass is 398 g/mol. The number of amides is 1. The summed E-state index contributed by atoms with van der Waals surface area (Å²) in [5, 5.41) is 2.53. The number of nitrogens with one attached hydrogen (secondary N) is 2. The van der Waals surface area contributed by atoms with Crippen molar-refractivity contribution in [3.63, 3.8) is 0 Å². The van der Waals surface area contributed by atoms with Gasteiger partial charge in [0.05, 0.1) is 6.61 Å². The van der Waals surface area contributed by atoms with Crippen LogP contribution < -0.4 is 10.0 Å². The molecule has 0 heterocycles. The molecule has 0 unspecified atom stereocenters. The van der Waals surface area contributed by atoms with Crippen LogP contribution in [0.2, 0.25) is 0 Å². The Labute approximate surface area is 143 Å². The van der Waals surface area contributed by atoms with Crippen molar-refractivity contribution in [1.29, 1.82) is 0 Å². The normalized spacial score (nSPS) is 10.9. The second-order valence-corrected chi connectivity index (χ2v) is 6.96. The SMILES string of the molecule is CCOC(=O)Nc1ccc(NS(=O)(=O)c2ccccc2Br)cc1. The van der Waals surface area contributed by atoms with E-state index >= 15 is 0 Å². The van der Waals surface area contributed by atoms with Crippen molar-refractivity contribution in [2.75, 3.05) is 16.6 Å². The standard InChI is InChI=1S/C15H15BrN2O4S/c1-2-22-15(19)17-11-7-9-12(10-8-11)18-23(20,21)14-6-4-3-5-13(14)16/h3-10,18H,2H2,1H3,(H,17,19). The Kier molecular flexibility index (Phi) is 5.62. The highest BCUT2D eigenvalue weighted by Crippen LogP contribution is 2.24. The van der Waals surface area contributed by atoms with Crippen molar-refractivity contribution < 1.29 is 17.9 Å². The van der Waals surface area contributed by atoms with Gasteiger partial charge < -0.3 is 4.74 Å². The van der Waals surface area contributed by atoms with E-state index in [1.54, 1.807) is 49.4 Å². The second kappa shape index (κ2) is 7.47. The Hall–Kier alpha value is -2.06. The average Bonchev–Trinajstić information content (AvgIpc) is 2.49. The van der Waals surface area contributed by atoms with Crippen molar-refractivity contribution in [3.8, 4) is 0 Å². The molecule has 0 bridgehead atoms. The highest BCUT2D eigenvalue weighted by Gasteiger charge is 2.17. The van der Waals surface area contributed by atoms with Crippen LogP contribution in [-0.2, 0) is 14.8 Å². The summed E-state index contributed by atoms with van der Waals surface area (Å²) in [4.78, 5) is 11.4. The van der Waals surface area contributed by atoms with Gasteiger partial charge in [-0.2, -0.15) is 0 Å². The zero-order valence-corrected chi connectivity index (χ0v) is 14.6. The molecule has 2 rings (SSSR count). The second-order valence-electron chi connectivity index (χ2n) is 4.46. The number of hydrogen-bond acceptors (Lipinski definition) is 4. The zero-order chi connectivity index (χ0) is 16.9. The molecule has 0 aromatic heterocycles. The summed E-state index contributed by atoms with van der Waals surface area (Å²) in [7, 11) is -3.70. The molecule has 0 atom stereocenters. The predicted molar refractivity (Wildman–Crippen MR) is 92.0 cm³/mol. The van der Waals surface area contributed by atoms with Crippen molar-refractivity contribution >= 4 is 43.4 Å². The third kappa shape index (κ3) is 4.70. The molecule has 0 aliphatic heterocycles. The smallest absolute Gasteiger partial charge is 0.411 e. The fraction of sp³-hybridized carbons (Fsp3) is 0.133. The van der Waals surface area contributed by atoms with Gasteiger partial charge in [-0.1, -0.05) is 12.1 Å². The molecule has 2 aromatic rings. The lowest BCUT2D eigenvalue weighted by atomic mass is 10.3. The van der Waals surface area contributed by atoms with Crippen molar-refractivity contribution in [2.45, 2.75) is 11.8 Å². The van der Waals surface area contributed by atoms with E-state index in [0.29, 0.717) is 15.8 Å². The predicted octanol–water partition coefficient (Wildman–Crippen LogP) is 3.82. The molecule has 0 saturated carbocycles. The number of halogens is 1. The lowest BCUT2D eigenvalue weighted by Crippen LogP contribution is -2.14. The maximum atomic E-state index is 12.3. The van der Waals surface area contributed by atoms with Crippen LogP contribution in [0.5, 0.6) is 0 Å². The van der Waals surface area contributed by atoms with Gasteiger partial charge in [-0.3, -0.25) is 10.0 Å². The number of carbonyl (C=O) groups is 1. The van der Waals surface area contributed by atoms with Gasteiger partial charge in [0.25, 0.3) is 10.0 Å². The van der Waals surface area contributed by atoms with Gasteiger partial charge in [-0.05, 0) is 59.3 Å². The summed E-state index contributed by atoms with van der Waals surface area (Å²) in [5.41, 5.74) is 0.891. The lowest BCUT2D eigenvalue weighted by molar-refractivity contribution is 0.168. The highest BCUT2D eigenvalue weighted by molar-refractivity contribution is 9.10. The van der Waals surface area contributed by atoms with Gasteiger partial charge in [0.15, 0.2) is 0 Å². The van der Waals surface area contributed by atoms with E-state index in [2.05, 4.69) is 26.0 Å². The molecule has 2 aromatic carbocycles.